The van der Waals surface area contributed by atoms with Gasteiger partial charge in [0.1, 0.15) is 5.69 Å². The van der Waals surface area contributed by atoms with Crippen LogP contribution in [0.5, 0.6) is 0 Å². The van der Waals surface area contributed by atoms with E-state index < -0.39 is 0 Å². The highest BCUT2D eigenvalue weighted by Gasteiger charge is 2.14. The fourth-order valence-corrected chi connectivity index (χ4v) is 2.64. The van der Waals surface area contributed by atoms with E-state index in [1.165, 1.54) is 30.4 Å². The molecule has 0 spiro atoms. The molecule has 1 aliphatic rings. The summed E-state index contributed by atoms with van der Waals surface area (Å²) >= 11 is 0. The number of nitrogens with zero attached hydrogens (tertiary/aromatic N) is 2. The minimum absolute atomic E-state index is 0.0120. The maximum absolute atomic E-state index is 11.4. The zero-order valence-electron chi connectivity index (χ0n) is 10.7. The molecule has 0 amide bonds. The molecule has 0 atom stereocenters. The van der Waals surface area contributed by atoms with Crippen LogP contribution in [0.1, 0.15) is 35.0 Å². The van der Waals surface area contributed by atoms with Gasteiger partial charge in [-0.2, -0.15) is 5.10 Å². The summed E-state index contributed by atoms with van der Waals surface area (Å²) in [5.74, 6) is 0.0120. The lowest BCUT2D eigenvalue weighted by Gasteiger charge is -2.05. The molecule has 92 valence electrons. The maximum atomic E-state index is 11.4. The Morgan fingerprint density at radius 2 is 2.00 bits per heavy atom. The van der Waals surface area contributed by atoms with Gasteiger partial charge in [0.15, 0.2) is 5.78 Å². The predicted molar refractivity (Wildman–Crippen MR) is 70.7 cm³/mol. The van der Waals surface area contributed by atoms with E-state index in [1.54, 1.807) is 11.6 Å². The van der Waals surface area contributed by atoms with E-state index in [1.807, 2.05) is 13.1 Å². The van der Waals surface area contributed by atoms with Crippen molar-refractivity contribution in [2.24, 2.45) is 7.05 Å². The molecule has 3 rings (SSSR count). The Morgan fingerprint density at radius 1 is 1.22 bits per heavy atom. The summed E-state index contributed by atoms with van der Waals surface area (Å²) in [6, 6.07) is 8.45. The van der Waals surface area contributed by atoms with Crippen molar-refractivity contribution in [3.8, 4) is 11.3 Å². The lowest BCUT2D eigenvalue weighted by atomic mass is 10.0. The van der Waals surface area contributed by atoms with Gasteiger partial charge in [-0.1, -0.05) is 12.1 Å². The van der Waals surface area contributed by atoms with Crippen LogP contribution in [0.25, 0.3) is 11.3 Å². The van der Waals surface area contributed by atoms with Crippen molar-refractivity contribution < 1.29 is 4.79 Å². The van der Waals surface area contributed by atoms with Crippen LogP contribution in [0.3, 0.4) is 0 Å². The van der Waals surface area contributed by atoms with Crippen molar-refractivity contribution >= 4 is 5.78 Å². The molecule has 0 unspecified atom stereocenters. The summed E-state index contributed by atoms with van der Waals surface area (Å²) in [5.41, 5.74) is 5.60. The zero-order chi connectivity index (χ0) is 12.7. The maximum Gasteiger partial charge on any atom is 0.180 e. The largest absolute Gasteiger partial charge is 0.293 e. The molecular formula is C15H16N2O. The molecule has 0 fully saturated rings. The highest BCUT2D eigenvalue weighted by atomic mass is 16.1. The Balaban J connectivity index is 2.07. The molecule has 0 saturated carbocycles. The third kappa shape index (κ3) is 1.76. The number of benzene rings is 1. The first-order chi connectivity index (χ1) is 8.65. The second-order valence-electron chi connectivity index (χ2n) is 4.93. The average molecular weight is 240 g/mol. The van der Waals surface area contributed by atoms with Crippen LogP contribution in [0, 0.1) is 0 Å². The van der Waals surface area contributed by atoms with Crippen molar-refractivity contribution in [3.05, 3.63) is 41.1 Å². The number of hydrogen-bond acceptors (Lipinski definition) is 2. The summed E-state index contributed by atoms with van der Waals surface area (Å²) in [4.78, 5) is 11.4. The van der Waals surface area contributed by atoms with Crippen molar-refractivity contribution in [2.45, 2.75) is 26.2 Å². The van der Waals surface area contributed by atoms with E-state index in [9.17, 15) is 4.79 Å². The number of ketones is 1. The topological polar surface area (TPSA) is 34.9 Å². The zero-order valence-corrected chi connectivity index (χ0v) is 10.7. The van der Waals surface area contributed by atoms with E-state index in [-0.39, 0.29) is 5.78 Å². The van der Waals surface area contributed by atoms with E-state index in [4.69, 9.17) is 0 Å². The number of hydrogen-bond donors (Lipinski definition) is 0. The Labute approximate surface area is 106 Å². The van der Waals surface area contributed by atoms with Crippen molar-refractivity contribution in [1.82, 2.24) is 9.78 Å². The minimum Gasteiger partial charge on any atom is -0.293 e. The second-order valence-corrected chi connectivity index (χ2v) is 4.93. The summed E-state index contributed by atoms with van der Waals surface area (Å²) in [6.45, 7) is 1.55. The number of carbonyl (C=O) groups is 1. The smallest absolute Gasteiger partial charge is 0.180 e. The van der Waals surface area contributed by atoms with Crippen molar-refractivity contribution in [2.75, 3.05) is 0 Å². The van der Waals surface area contributed by atoms with Gasteiger partial charge in [0.25, 0.3) is 0 Å². The van der Waals surface area contributed by atoms with Gasteiger partial charge in [-0.05, 0) is 42.5 Å². The lowest BCUT2D eigenvalue weighted by molar-refractivity contribution is 0.101. The molecule has 1 heterocycles. The predicted octanol–water partition coefficient (Wildman–Crippen LogP) is 2.78. The third-order valence-corrected chi connectivity index (χ3v) is 3.63. The van der Waals surface area contributed by atoms with Crippen LogP contribution in [-0.4, -0.2) is 15.6 Å². The standard InChI is InChI=1S/C15H16N2O/c1-10(18)14-9-15(17(2)16-14)13-7-6-11-4-3-5-12(11)8-13/h6-9H,3-5H2,1-2H3. The number of rotatable bonds is 2. The monoisotopic (exact) mass is 240 g/mol. The molecule has 18 heavy (non-hydrogen) atoms. The molecule has 3 heteroatoms. The molecule has 3 nitrogen and oxygen atoms in total. The molecule has 2 aromatic rings. The normalized spacial score (nSPS) is 13.7. The molecule has 0 saturated heterocycles. The molecule has 0 bridgehead atoms. The quantitative estimate of drug-likeness (QED) is 0.756. The lowest BCUT2D eigenvalue weighted by Crippen LogP contribution is -1.97. The minimum atomic E-state index is 0.0120. The van der Waals surface area contributed by atoms with Crippen LogP contribution >= 0.6 is 0 Å². The Morgan fingerprint density at radius 3 is 2.72 bits per heavy atom. The van der Waals surface area contributed by atoms with E-state index in [0.717, 1.165) is 11.3 Å². The summed E-state index contributed by atoms with van der Waals surface area (Å²) in [5, 5.41) is 4.25. The highest BCUT2D eigenvalue weighted by Crippen LogP contribution is 2.28. The number of carbonyl (C=O) groups excluding carboxylic acids is 1. The van der Waals surface area contributed by atoms with Gasteiger partial charge in [-0.25, -0.2) is 0 Å². The highest BCUT2D eigenvalue weighted by molar-refractivity contribution is 5.93. The van der Waals surface area contributed by atoms with Crippen LogP contribution in [-0.2, 0) is 19.9 Å². The first-order valence-corrected chi connectivity index (χ1v) is 6.32. The van der Waals surface area contributed by atoms with Gasteiger partial charge < -0.3 is 0 Å². The van der Waals surface area contributed by atoms with Crippen molar-refractivity contribution in [3.63, 3.8) is 0 Å². The van der Waals surface area contributed by atoms with Crippen LogP contribution in [0.4, 0.5) is 0 Å². The molecule has 1 aromatic heterocycles. The Bertz CT molecular complexity index is 625. The van der Waals surface area contributed by atoms with Gasteiger partial charge >= 0.3 is 0 Å². The Hall–Kier alpha value is -1.90. The molecular weight excluding hydrogens is 224 g/mol. The Kier molecular flexibility index (Phi) is 2.54. The summed E-state index contributed by atoms with van der Waals surface area (Å²) < 4.78 is 1.79. The van der Waals surface area contributed by atoms with Crippen LogP contribution < -0.4 is 0 Å². The van der Waals surface area contributed by atoms with Crippen molar-refractivity contribution in [1.29, 1.82) is 0 Å². The summed E-state index contributed by atoms with van der Waals surface area (Å²) in [6.07, 6.45) is 3.61. The van der Waals surface area contributed by atoms with Gasteiger partial charge in [-0.15, -0.1) is 0 Å². The van der Waals surface area contributed by atoms with E-state index in [0.29, 0.717) is 5.69 Å². The van der Waals surface area contributed by atoms with Gasteiger partial charge in [0.2, 0.25) is 0 Å². The van der Waals surface area contributed by atoms with Crippen LogP contribution in [0.2, 0.25) is 0 Å². The number of aryl methyl sites for hydroxylation is 3. The number of Topliss-reactive ketones (excluding diaryl/α,β-unsaturated/α-hetero) is 1. The first-order valence-electron chi connectivity index (χ1n) is 6.32. The number of fused-ring (bicyclic) bond motifs is 1. The fourth-order valence-electron chi connectivity index (χ4n) is 2.64. The molecule has 0 radical (unpaired) electrons. The molecule has 0 aliphatic heterocycles. The van der Waals surface area contributed by atoms with Gasteiger partial charge in [0.05, 0.1) is 5.69 Å². The SMILES string of the molecule is CC(=O)c1cc(-c2ccc3c(c2)CCC3)n(C)n1. The molecule has 0 N–H and O–H groups in total. The van der Waals surface area contributed by atoms with Gasteiger partial charge in [-0.3, -0.25) is 9.48 Å². The number of aromatic nitrogens is 2. The molecule has 1 aliphatic carbocycles. The second kappa shape index (κ2) is 4.09. The fraction of sp³-hybridized carbons (Fsp3) is 0.333. The summed E-state index contributed by atoms with van der Waals surface area (Å²) in [7, 11) is 1.88. The van der Waals surface area contributed by atoms with E-state index in [2.05, 4.69) is 23.3 Å². The van der Waals surface area contributed by atoms with Crippen LogP contribution in [0.15, 0.2) is 24.3 Å². The average Bonchev–Trinajstić information content (AvgIpc) is 2.93. The third-order valence-electron chi connectivity index (χ3n) is 3.63. The van der Waals surface area contributed by atoms with Gasteiger partial charge in [0, 0.05) is 19.5 Å². The molecule has 1 aromatic carbocycles. The first kappa shape index (κ1) is 11.2. The van der Waals surface area contributed by atoms with E-state index >= 15 is 0 Å².